The Bertz CT molecular complexity index is 635. The summed E-state index contributed by atoms with van der Waals surface area (Å²) in [5.74, 6) is 1.52. The molecule has 1 N–H and O–H groups in total. The maximum atomic E-state index is 12.7. The van der Waals surface area contributed by atoms with E-state index in [2.05, 4.69) is 15.2 Å². The maximum absolute atomic E-state index is 12.7. The summed E-state index contributed by atoms with van der Waals surface area (Å²) in [7, 11) is -3.24. The minimum Gasteiger partial charge on any atom is -0.381 e. The van der Waals surface area contributed by atoms with Gasteiger partial charge in [0.1, 0.15) is 0 Å². The zero-order valence-corrected chi connectivity index (χ0v) is 20.8. The van der Waals surface area contributed by atoms with Crippen LogP contribution in [0.4, 0.5) is 13.2 Å². The fraction of sp³-hybridized carbons (Fsp3) is 0.944. The number of nitrogens with one attached hydrogen (secondary N) is 1. The Morgan fingerprint density at radius 2 is 1.77 bits per heavy atom. The Kier molecular flexibility index (Phi) is 11.7. The van der Waals surface area contributed by atoms with Crippen molar-refractivity contribution >= 4 is 40.0 Å². The average molecular weight is 570 g/mol. The second kappa shape index (κ2) is 12.6. The first kappa shape index (κ1) is 27.7. The summed E-state index contributed by atoms with van der Waals surface area (Å²) in [6, 6.07) is 0. The smallest absolute Gasteiger partial charge is 0.381 e. The molecule has 2 saturated heterocycles. The van der Waals surface area contributed by atoms with Crippen LogP contribution in [-0.2, 0) is 14.8 Å². The van der Waals surface area contributed by atoms with E-state index in [0.29, 0.717) is 29.6 Å². The van der Waals surface area contributed by atoms with Crippen molar-refractivity contribution in [2.75, 3.05) is 53.0 Å². The fourth-order valence-corrected chi connectivity index (χ4v) is 4.67. The second-order valence-electron chi connectivity index (χ2n) is 7.75. The van der Waals surface area contributed by atoms with Crippen LogP contribution in [0.15, 0.2) is 4.99 Å². The van der Waals surface area contributed by atoms with Gasteiger partial charge in [0.15, 0.2) is 5.96 Å². The molecule has 2 fully saturated rings. The van der Waals surface area contributed by atoms with Gasteiger partial charge in [0.05, 0.1) is 0 Å². The highest BCUT2D eigenvalue weighted by molar-refractivity contribution is 14.0. The molecule has 30 heavy (non-hydrogen) atoms. The summed E-state index contributed by atoms with van der Waals surface area (Å²) >= 11 is 0. The quantitative estimate of drug-likeness (QED) is 0.290. The van der Waals surface area contributed by atoms with E-state index in [1.54, 1.807) is 0 Å². The van der Waals surface area contributed by atoms with Crippen molar-refractivity contribution in [3.63, 3.8) is 0 Å². The fourth-order valence-electron chi connectivity index (χ4n) is 3.68. The Hall–Kier alpha value is -0.340. The largest absolute Gasteiger partial charge is 0.511 e. The first-order valence-corrected chi connectivity index (χ1v) is 11.7. The highest BCUT2D eigenvalue weighted by Gasteiger charge is 2.50. The lowest BCUT2D eigenvalue weighted by Crippen LogP contribution is -2.45. The molecular formula is C18H34F3IN4O3S. The van der Waals surface area contributed by atoms with Gasteiger partial charge in [-0.25, -0.2) is 8.42 Å². The van der Waals surface area contributed by atoms with E-state index >= 15 is 0 Å². The van der Waals surface area contributed by atoms with Gasteiger partial charge in [-0.3, -0.25) is 4.99 Å². The van der Waals surface area contributed by atoms with Gasteiger partial charge in [0.25, 0.3) is 0 Å². The van der Waals surface area contributed by atoms with Crippen molar-refractivity contribution in [3.8, 4) is 0 Å². The monoisotopic (exact) mass is 570 g/mol. The molecule has 0 atom stereocenters. The molecule has 2 heterocycles. The molecule has 0 unspecified atom stereocenters. The van der Waals surface area contributed by atoms with E-state index in [1.807, 2.05) is 14.0 Å². The molecule has 7 nitrogen and oxygen atoms in total. The summed E-state index contributed by atoms with van der Waals surface area (Å²) in [5, 5.41) is 3.26. The number of piperidine rings is 1. The van der Waals surface area contributed by atoms with Crippen molar-refractivity contribution in [1.82, 2.24) is 14.5 Å². The molecule has 0 saturated carbocycles. The number of halogens is 4. The van der Waals surface area contributed by atoms with E-state index in [9.17, 15) is 21.6 Å². The van der Waals surface area contributed by atoms with Gasteiger partial charge in [-0.05, 0) is 50.9 Å². The van der Waals surface area contributed by atoms with E-state index < -0.39 is 15.5 Å². The molecule has 0 aliphatic carbocycles. The van der Waals surface area contributed by atoms with Crippen molar-refractivity contribution in [2.45, 2.75) is 44.5 Å². The zero-order valence-electron chi connectivity index (χ0n) is 17.7. The number of nitrogens with zero attached hydrogens (tertiary/aromatic N) is 3. The van der Waals surface area contributed by atoms with Crippen LogP contribution in [0.2, 0.25) is 0 Å². The number of alkyl halides is 3. The predicted octanol–water partition coefficient (Wildman–Crippen LogP) is 2.88. The van der Waals surface area contributed by atoms with E-state index in [0.717, 1.165) is 51.5 Å². The van der Waals surface area contributed by atoms with Crippen LogP contribution in [0.1, 0.15) is 39.0 Å². The summed E-state index contributed by atoms with van der Waals surface area (Å²) in [4.78, 5) is 6.74. The van der Waals surface area contributed by atoms with Gasteiger partial charge < -0.3 is 15.0 Å². The first-order chi connectivity index (χ1) is 13.6. The molecule has 178 valence electrons. The summed E-state index contributed by atoms with van der Waals surface area (Å²) in [5.41, 5.74) is -5.23. The Balaban J connectivity index is 0.00000450. The van der Waals surface area contributed by atoms with Crippen LogP contribution in [0, 0.1) is 11.8 Å². The van der Waals surface area contributed by atoms with Gasteiger partial charge in [0, 0.05) is 53.0 Å². The third kappa shape index (κ3) is 7.97. The Morgan fingerprint density at radius 1 is 1.17 bits per heavy atom. The van der Waals surface area contributed by atoms with Crippen LogP contribution < -0.4 is 5.32 Å². The highest BCUT2D eigenvalue weighted by Crippen LogP contribution is 2.30. The number of aliphatic imine (C=N–C) groups is 1. The molecule has 0 aromatic carbocycles. The van der Waals surface area contributed by atoms with Crippen molar-refractivity contribution in [1.29, 1.82) is 0 Å². The van der Waals surface area contributed by atoms with Crippen molar-refractivity contribution in [2.24, 2.45) is 16.8 Å². The number of hydrogen-bond donors (Lipinski definition) is 1. The zero-order chi connectivity index (χ0) is 21.5. The van der Waals surface area contributed by atoms with Crippen LogP contribution >= 0.6 is 24.0 Å². The van der Waals surface area contributed by atoms with Crippen molar-refractivity contribution < 1.29 is 26.3 Å². The molecular weight excluding hydrogens is 536 g/mol. The highest BCUT2D eigenvalue weighted by atomic mass is 127. The van der Waals surface area contributed by atoms with Gasteiger partial charge in [0.2, 0.25) is 0 Å². The number of rotatable bonds is 7. The molecule has 0 aromatic heterocycles. The lowest BCUT2D eigenvalue weighted by atomic mass is 9.96. The second-order valence-corrected chi connectivity index (χ2v) is 9.68. The Morgan fingerprint density at radius 3 is 2.30 bits per heavy atom. The van der Waals surface area contributed by atoms with E-state index in [4.69, 9.17) is 4.74 Å². The lowest BCUT2D eigenvalue weighted by molar-refractivity contribution is -0.0496. The molecule has 0 aromatic rings. The molecule has 12 heteroatoms. The van der Waals surface area contributed by atoms with Gasteiger partial charge in [-0.15, -0.1) is 24.0 Å². The lowest BCUT2D eigenvalue weighted by Gasteiger charge is -2.31. The topological polar surface area (TPSA) is 74.2 Å². The Labute approximate surface area is 194 Å². The molecule has 2 aliphatic heterocycles. The summed E-state index contributed by atoms with van der Waals surface area (Å²) < 4.78 is 67.0. The van der Waals surface area contributed by atoms with Crippen LogP contribution in [-0.4, -0.2) is 82.1 Å². The standard InChI is InChI=1S/C18H33F3N4O3S.HI/c1-3-22-17(24(2)9-4-15-7-12-28-13-8-15)23-14-16-5-10-25(11-6-16)29(26,27)18(19,20)21;/h15-16H,3-14H2,1-2H3,(H,22,23);1H. The molecule has 0 bridgehead atoms. The third-order valence-electron chi connectivity index (χ3n) is 5.62. The molecule has 2 rings (SSSR count). The summed E-state index contributed by atoms with van der Waals surface area (Å²) in [6.45, 7) is 5.49. The number of ether oxygens (including phenoxy) is 1. The average Bonchev–Trinajstić information content (AvgIpc) is 2.69. The van der Waals surface area contributed by atoms with Gasteiger partial charge in [-0.2, -0.15) is 17.5 Å². The first-order valence-electron chi connectivity index (χ1n) is 10.3. The molecule has 0 spiro atoms. The van der Waals surface area contributed by atoms with Crippen LogP contribution in [0.3, 0.4) is 0 Å². The molecule has 0 radical (unpaired) electrons. The third-order valence-corrected chi connectivity index (χ3v) is 7.25. The number of sulfonamides is 1. The molecule has 0 amide bonds. The van der Waals surface area contributed by atoms with Gasteiger partial charge >= 0.3 is 15.5 Å². The van der Waals surface area contributed by atoms with E-state index in [-0.39, 0.29) is 43.0 Å². The van der Waals surface area contributed by atoms with Crippen LogP contribution in [0.5, 0.6) is 0 Å². The SMILES string of the molecule is CCNC(=NCC1CCN(S(=O)(=O)C(F)(F)F)CC1)N(C)CCC1CCOCC1.I. The van der Waals surface area contributed by atoms with E-state index in [1.165, 1.54) is 0 Å². The predicted molar refractivity (Wildman–Crippen MR) is 121 cm³/mol. The van der Waals surface area contributed by atoms with Gasteiger partial charge in [-0.1, -0.05) is 0 Å². The maximum Gasteiger partial charge on any atom is 0.511 e. The number of hydrogen-bond acceptors (Lipinski definition) is 4. The van der Waals surface area contributed by atoms with Crippen LogP contribution in [0.25, 0.3) is 0 Å². The normalized spacial score (nSPS) is 20.6. The van der Waals surface area contributed by atoms with Crippen molar-refractivity contribution in [3.05, 3.63) is 0 Å². The minimum absolute atomic E-state index is 0. The number of guanidine groups is 1. The molecule has 2 aliphatic rings. The minimum atomic E-state index is -5.23. The summed E-state index contributed by atoms with van der Waals surface area (Å²) in [6.07, 6.45) is 3.99.